The van der Waals surface area contributed by atoms with Gasteiger partial charge >= 0.3 is 0 Å². The smallest absolute Gasteiger partial charge is 0.124 e. The van der Waals surface area contributed by atoms with E-state index in [9.17, 15) is 4.79 Å². The van der Waals surface area contributed by atoms with E-state index >= 15 is 0 Å². The van der Waals surface area contributed by atoms with Gasteiger partial charge in [0.25, 0.3) is 0 Å². The van der Waals surface area contributed by atoms with Crippen LogP contribution in [0.1, 0.15) is 5.56 Å². The third kappa shape index (κ3) is 3.43. The lowest BCUT2D eigenvalue weighted by Gasteiger charge is -2.09. The lowest BCUT2D eigenvalue weighted by molar-refractivity contribution is -0.107. The van der Waals surface area contributed by atoms with E-state index in [1.807, 2.05) is 6.07 Å². The first kappa shape index (κ1) is 14.7. The summed E-state index contributed by atoms with van der Waals surface area (Å²) in [5.41, 5.74) is 2.28. The summed E-state index contributed by atoms with van der Waals surface area (Å²) < 4.78 is 0. The molecule has 5 heteroatoms. The SMILES string of the molecule is O=CCc1cc(Cl)cc(-c2cc(Cl)cc(Cl)c2Cl)c1. The molecule has 0 bridgehead atoms. The Hall–Kier alpha value is -0.730. The summed E-state index contributed by atoms with van der Waals surface area (Å²) in [6, 6.07) is 8.62. The molecule has 0 atom stereocenters. The summed E-state index contributed by atoms with van der Waals surface area (Å²) >= 11 is 24.2. The van der Waals surface area contributed by atoms with E-state index in [0.29, 0.717) is 32.1 Å². The van der Waals surface area contributed by atoms with Gasteiger partial charge < -0.3 is 4.79 Å². The van der Waals surface area contributed by atoms with Gasteiger partial charge in [0.1, 0.15) is 6.29 Å². The standard InChI is InChI=1S/C14H8Cl4O/c15-10-4-8(1-2-19)3-9(5-10)12-6-11(16)7-13(17)14(12)18/h2-7H,1H2. The van der Waals surface area contributed by atoms with Gasteiger partial charge in [-0.05, 0) is 35.4 Å². The van der Waals surface area contributed by atoms with Gasteiger partial charge in [-0.3, -0.25) is 0 Å². The minimum atomic E-state index is 0.291. The Morgan fingerprint density at radius 3 is 2.26 bits per heavy atom. The fourth-order valence-electron chi connectivity index (χ4n) is 1.79. The van der Waals surface area contributed by atoms with Crippen LogP contribution in [0, 0.1) is 0 Å². The summed E-state index contributed by atoms with van der Waals surface area (Å²) in [6.45, 7) is 0. The molecule has 0 heterocycles. The van der Waals surface area contributed by atoms with Gasteiger partial charge in [-0.15, -0.1) is 0 Å². The molecule has 1 nitrogen and oxygen atoms in total. The first-order valence-corrected chi connectivity index (χ1v) is 6.90. The molecule has 0 aliphatic rings. The molecular formula is C14H8Cl4O. The lowest BCUT2D eigenvalue weighted by atomic mass is 10.0. The molecule has 0 fully saturated rings. The minimum Gasteiger partial charge on any atom is -0.303 e. The Labute approximate surface area is 131 Å². The Morgan fingerprint density at radius 2 is 1.58 bits per heavy atom. The van der Waals surface area contributed by atoms with Gasteiger partial charge in [-0.2, -0.15) is 0 Å². The van der Waals surface area contributed by atoms with Gasteiger partial charge in [0, 0.05) is 22.0 Å². The predicted octanol–water partition coefficient (Wildman–Crippen LogP) is 5.71. The summed E-state index contributed by atoms with van der Waals surface area (Å²) in [6.07, 6.45) is 1.11. The molecule has 0 amide bonds. The fourth-order valence-corrected chi connectivity index (χ4v) is 2.76. The number of rotatable bonds is 3. The van der Waals surface area contributed by atoms with E-state index in [1.165, 1.54) is 0 Å². The van der Waals surface area contributed by atoms with Gasteiger partial charge in [0.2, 0.25) is 0 Å². The van der Waals surface area contributed by atoms with Gasteiger partial charge in [-0.1, -0.05) is 52.5 Å². The molecule has 19 heavy (non-hydrogen) atoms. The number of hydrogen-bond donors (Lipinski definition) is 0. The largest absolute Gasteiger partial charge is 0.303 e. The first-order chi connectivity index (χ1) is 9.01. The molecule has 0 saturated carbocycles. The normalized spacial score (nSPS) is 10.5. The van der Waals surface area contributed by atoms with E-state index in [4.69, 9.17) is 46.4 Å². The van der Waals surface area contributed by atoms with Crippen molar-refractivity contribution >= 4 is 52.7 Å². The molecule has 2 aromatic rings. The second-order valence-corrected chi connectivity index (χ2v) is 5.63. The minimum absolute atomic E-state index is 0.291. The average molecular weight is 334 g/mol. The molecule has 0 unspecified atom stereocenters. The molecule has 0 saturated heterocycles. The summed E-state index contributed by atoms with van der Waals surface area (Å²) in [4.78, 5) is 10.6. The maximum atomic E-state index is 10.6. The highest BCUT2D eigenvalue weighted by Crippen LogP contribution is 2.37. The average Bonchev–Trinajstić information content (AvgIpc) is 2.33. The first-order valence-electron chi connectivity index (χ1n) is 5.39. The Kier molecular flexibility index (Phi) is 4.75. The van der Waals surface area contributed by atoms with Gasteiger partial charge in [0.05, 0.1) is 10.0 Å². The van der Waals surface area contributed by atoms with Gasteiger partial charge in [-0.25, -0.2) is 0 Å². The van der Waals surface area contributed by atoms with Crippen molar-refractivity contribution in [3.05, 3.63) is 56.0 Å². The monoisotopic (exact) mass is 332 g/mol. The lowest BCUT2D eigenvalue weighted by Crippen LogP contribution is -1.89. The van der Waals surface area contributed by atoms with Crippen LogP contribution < -0.4 is 0 Å². The zero-order chi connectivity index (χ0) is 14.0. The van der Waals surface area contributed by atoms with E-state index < -0.39 is 0 Å². The molecule has 0 radical (unpaired) electrons. The Morgan fingerprint density at radius 1 is 0.895 bits per heavy atom. The van der Waals surface area contributed by atoms with Crippen molar-refractivity contribution in [1.29, 1.82) is 0 Å². The van der Waals surface area contributed by atoms with E-state index in [1.54, 1.807) is 24.3 Å². The highest BCUT2D eigenvalue weighted by molar-refractivity contribution is 6.45. The van der Waals surface area contributed by atoms with Crippen LogP contribution in [0.3, 0.4) is 0 Å². The molecule has 0 N–H and O–H groups in total. The molecule has 0 aliphatic heterocycles. The number of carbonyl (C=O) groups excluding carboxylic acids is 1. The maximum absolute atomic E-state index is 10.6. The van der Waals surface area contributed by atoms with Gasteiger partial charge in [0.15, 0.2) is 0 Å². The van der Waals surface area contributed by atoms with Crippen LogP contribution in [0.2, 0.25) is 20.1 Å². The summed E-state index contributed by atoms with van der Waals surface area (Å²) in [7, 11) is 0. The Balaban J connectivity index is 2.61. The van der Waals surface area contributed by atoms with Crippen molar-refractivity contribution in [2.45, 2.75) is 6.42 Å². The van der Waals surface area contributed by atoms with Crippen molar-refractivity contribution in [3.8, 4) is 11.1 Å². The van der Waals surface area contributed by atoms with Crippen LogP contribution in [0.25, 0.3) is 11.1 Å². The highest BCUT2D eigenvalue weighted by Gasteiger charge is 2.11. The molecule has 0 aliphatic carbocycles. The van der Waals surface area contributed by atoms with Crippen LogP contribution >= 0.6 is 46.4 Å². The van der Waals surface area contributed by atoms with Crippen molar-refractivity contribution in [1.82, 2.24) is 0 Å². The third-order valence-electron chi connectivity index (χ3n) is 2.58. The number of carbonyl (C=O) groups is 1. The van der Waals surface area contributed by atoms with E-state index in [2.05, 4.69) is 0 Å². The van der Waals surface area contributed by atoms with Crippen LogP contribution in [0.4, 0.5) is 0 Å². The zero-order valence-corrected chi connectivity index (χ0v) is 12.6. The maximum Gasteiger partial charge on any atom is 0.124 e. The molecule has 0 aromatic heterocycles. The highest BCUT2D eigenvalue weighted by atomic mass is 35.5. The summed E-state index contributed by atoms with van der Waals surface area (Å²) in [5.74, 6) is 0. The molecule has 2 rings (SSSR count). The van der Waals surface area contributed by atoms with Crippen molar-refractivity contribution in [2.24, 2.45) is 0 Å². The van der Waals surface area contributed by atoms with Crippen molar-refractivity contribution < 1.29 is 4.79 Å². The number of aldehydes is 1. The number of halogens is 4. The zero-order valence-electron chi connectivity index (χ0n) is 9.59. The number of benzene rings is 2. The Bertz CT molecular complexity index is 638. The van der Waals surface area contributed by atoms with Crippen LogP contribution in [0.15, 0.2) is 30.3 Å². The van der Waals surface area contributed by atoms with Crippen LogP contribution in [-0.2, 0) is 11.2 Å². The second-order valence-electron chi connectivity index (χ2n) is 3.97. The van der Waals surface area contributed by atoms with E-state index in [0.717, 1.165) is 17.4 Å². The molecule has 98 valence electrons. The molecule has 2 aromatic carbocycles. The quantitative estimate of drug-likeness (QED) is 0.519. The van der Waals surface area contributed by atoms with Crippen molar-refractivity contribution in [3.63, 3.8) is 0 Å². The molecule has 0 spiro atoms. The van der Waals surface area contributed by atoms with Crippen LogP contribution in [0.5, 0.6) is 0 Å². The fraction of sp³-hybridized carbons (Fsp3) is 0.0714. The predicted molar refractivity (Wildman–Crippen MR) is 81.7 cm³/mol. The van der Waals surface area contributed by atoms with Crippen LogP contribution in [-0.4, -0.2) is 6.29 Å². The third-order valence-corrected chi connectivity index (χ3v) is 3.82. The second kappa shape index (κ2) is 6.15. The topological polar surface area (TPSA) is 17.1 Å². The number of hydrogen-bond acceptors (Lipinski definition) is 1. The van der Waals surface area contributed by atoms with Crippen molar-refractivity contribution in [2.75, 3.05) is 0 Å². The van der Waals surface area contributed by atoms with E-state index in [-0.39, 0.29) is 0 Å². The summed E-state index contributed by atoms with van der Waals surface area (Å²) in [5, 5.41) is 1.80. The molecular weight excluding hydrogens is 326 g/mol.